The van der Waals surface area contributed by atoms with Gasteiger partial charge in [0.2, 0.25) is 6.79 Å². The average molecular weight is 840 g/mol. The first-order valence-corrected chi connectivity index (χ1v) is 22.3. The first kappa shape index (κ1) is 42.2. The van der Waals surface area contributed by atoms with Gasteiger partial charge in [-0.1, -0.05) is 57.0 Å². The summed E-state index contributed by atoms with van der Waals surface area (Å²) in [5.74, 6) is 5.94. The summed E-state index contributed by atoms with van der Waals surface area (Å²) in [6.07, 6.45) is 13.6. The molecule has 1 N–H and O–H groups in total. The zero-order valence-electron chi connectivity index (χ0n) is 34.8. The largest absolute Gasteiger partial charge is 0.484 e. The van der Waals surface area contributed by atoms with E-state index in [0.717, 1.165) is 68.8 Å². The SMILES string of the molecule is CC1CCC2(OC1)OC1CC3C4CCC5CC(O)CCC5(C)C4=CCC3(C)C1C2C.Cl.O=C(COc1ccc(Cl)cc1)N1CCN(Cc2ccc3c(c2)OCO3)CC1. The fourth-order valence-corrected chi connectivity index (χ4v) is 12.9. The van der Waals surface area contributed by atoms with E-state index in [1.807, 2.05) is 17.0 Å². The first-order chi connectivity index (χ1) is 27.4. The minimum atomic E-state index is -0.303. The lowest BCUT2D eigenvalue weighted by molar-refractivity contribution is -0.272. The molecule has 11 atom stereocenters. The number of piperazine rings is 1. The Morgan fingerprint density at radius 1 is 0.948 bits per heavy atom. The summed E-state index contributed by atoms with van der Waals surface area (Å²) >= 11 is 5.85. The minimum absolute atomic E-state index is 0. The van der Waals surface area contributed by atoms with Gasteiger partial charge in [0.05, 0.1) is 18.8 Å². The summed E-state index contributed by atoms with van der Waals surface area (Å²) in [4.78, 5) is 16.5. The number of carbonyl (C=O) groups is 1. The Balaban J connectivity index is 0.000000160. The molecule has 1 spiro atoms. The van der Waals surface area contributed by atoms with Crippen LogP contribution in [0.3, 0.4) is 0 Å². The Morgan fingerprint density at radius 2 is 1.72 bits per heavy atom. The lowest BCUT2D eigenvalue weighted by Crippen LogP contribution is -2.50. The van der Waals surface area contributed by atoms with E-state index in [0.29, 0.717) is 64.5 Å². The van der Waals surface area contributed by atoms with Crippen LogP contribution in [-0.2, 0) is 20.8 Å². The highest BCUT2D eigenvalue weighted by molar-refractivity contribution is 6.30. The zero-order chi connectivity index (χ0) is 39.5. The highest BCUT2D eigenvalue weighted by atomic mass is 35.5. The van der Waals surface area contributed by atoms with Crippen LogP contribution in [0.5, 0.6) is 17.2 Å². The second-order valence-corrected chi connectivity index (χ2v) is 19.7. The maximum Gasteiger partial charge on any atom is 0.260 e. The van der Waals surface area contributed by atoms with Crippen LogP contribution in [-0.4, -0.2) is 85.0 Å². The molecule has 0 aromatic heterocycles. The number of rotatable bonds is 5. The van der Waals surface area contributed by atoms with E-state index in [-0.39, 0.29) is 43.6 Å². The van der Waals surface area contributed by atoms with Crippen molar-refractivity contribution >= 4 is 29.9 Å². The van der Waals surface area contributed by atoms with Crippen molar-refractivity contribution in [3.63, 3.8) is 0 Å². The fraction of sp³-hybridized carbons (Fsp3) is 0.681. The van der Waals surface area contributed by atoms with Crippen molar-refractivity contribution in [1.82, 2.24) is 9.80 Å². The van der Waals surface area contributed by atoms with Crippen molar-refractivity contribution in [2.24, 2.45) is 46.3 Å². The van der Waals surface area contributed by atoms with Crippen LogP contribution in [0.4, 0.5) is 0 Å². The molecular formula is C47H64Cl2N2O7. The molecule has 10 rings (SSSR count). The van der Waals surface area contributed by atoms with Gasteiger partial charge in [0.25, 0.3) is 5.91 Å². The quantitative estimate of drug-likeness (QED) is 0.299. The molecule has 6 fully saturated rings. The number of hydrogen-bond donors (Lipinski definition) is 1. The smallest absolute Gasteiger partial charge is 0.260 e. The van der Waals surface area contributed by atoms with Gasteiger partial charge in [0.1, 0.15) is 5.75 Å². The highest BCUT2D eigenvalue weighted by Crippen LogP contribution is 2.70. The van der Waals surface area contributed by atoms with Gasteiger partial charge in [-0.05, 0) is 134 Å². The third-order valence-corrected chi connectivity index (χ3v) is 16.3. The molecule has 3 saturated heterocycles. The summed E-state index contributed by atoms with van der Waals surface area (Å²) in [6.45, 7) is 15.0. The van der Waals surface area contributed by atoms with E-state index >= 15 is 0 Å². The van der Waals surface area contributed by atoms with Gasteiger partial charge < -0.3 is 33.7 Å². The highest BCUT2D eigenvalue weighted by Gasteiger charge is 2.68. The van der Waals surface area contributed by atoms with Crippen molar-refractivity contribution in [2.75, 3.05) is 46.2 Å². The molecule has 3 saturated carbocycles. The van der Waals surface area contributed by atoms with Crippen LogP contribution in [0.1, 0.15) is 91.0 Å². The van der Waals surface area contributed by atoms with Crippen molar-refractivity contribution in [3.8, 4) is 17.2 Å². The second kappa shape index (κ2) is 16.7. The number of fused-ring (bicyclic) bond motifs is 8. The van der Waals surface area contributed by atoms with Gasteiger partial charge in [-0.15, -0.1) is 12.4 Å². The number of carbonyl (C=O) groups excluding carboxylic acids is 1. The van der Waals surface area contributed by atoms with E-state index in [4.69, 9.17) is 35.3 Å². The number of amides is 1. The van der Waals surface area contributed by atoms with E-state index in [9.17, 15) is 9.90 Å². The number of allylic oxidation sites excluding steroid dienone is 2. The monoisotopic (exact) mass is 838 g/mol. The van der Waals surface area contributed by atoms with Gasteiger partial charge in [0, 0.05) is 50.1 Å². The number of aliphatic hydroxyl groups is 1. The molecule has 4 heterocycles. The number of hydrogen-bond acceptors (Lipinski definition) is 8. The molecule has 318 valence electrons. The summed E-state index contributed by atoms with van der Waals surface area (Å²) in [6, 6.07) is 13.1. The second-order valence-electron chi connectivity index (χ2n) is 19.3. The van der Waals surface area contributed by atoms with Crippen LogP contribution >= 0.6 is 24.0 Å². The van der Waals surface area contributed by atoms with Gasteiger partial charge in [-0.25, -0.2) is 0 Å². The third kappa shape index (κ3) is 7.79. The van der Waals surface area contributed by atoms with Crippen LogP contribution in [0.25, 0.3) is 0 Å². The Bertz CT molecular complexity index is 1810. The maximum absolute atomic E-state index is 12.4. The van der Waals surface area contributed by atoms with Crippen molar-refractivity contribution in [1.29, 1.82) is 0 Å². The third-order valence-electron chi connectivity index (χ3n) is 16.0. The van der Waals surface area contributed by atoms with E-state index in [1.54, 1.807) is 29.8 Å². The van der Waals surface area contributed by atoms with E-state index in [1.165, 1.54) is 44.1 Å². The number of benzene rings is 2. The number of nitrogens with zero attached hydrogens (tertiary/aromatic N) is 2. The summed E-state index contributed by atoms with van der Waals surface area (Å²) in [7, 11) is 0. The predicted molar refractivity (Wildman–Crippen MR) is 226 cm³/mol. The summed E-state index contributed by atoms with van der Waals surface area (Å²) < 4.78 is 29.7. The van der Waals surface area contributed by atoms with Gasteiger partial charge >= 0.3 is 0 Å². The zero-order valence-corrected chi connectivity index (χ0v) is 36.4. The van der Waals surface area contributed by atoms with Gasteiger partial charge in [-0.2, -0.15) is 0 Å². The Morgan fingerprint density at radius 3 is 2.48 bits per heavy atom. The Hall–Kier alpha value is -2.53. The van der Waals surface area contributed by atoms with Crippen LogP contribution in [0.2, 0.25) is 5.02 Å². The number of halogens is 2. The molecule has 1 amide bonds. The molecule has 4 aliphatic carbocycles. The van der Waals surface area contributed by atoms with Gasteiger partial charge in [-0.3, -0.25) is 9.69 Å². The molecule has 58 heavy (non-hydrogen) atoms. The number of ether oxygens (including phenoxy) is 5. The molecule has 9 nitrogen and oxygen atoms in total. The van der Waals surface area contributed by atoms with Gasteiger partial charge in [0.15, 0.2) is 23.9 Å². The lowest BCUT2D eigenvalue weighted by atomic mass is 9.48. The molecule has 11 unspecified atom stereocenters. The van der Waals surface area contributed by atoms with Crippen LogP contribution < -0.4 is 14.2 Å². The predicted octanol–water partition coefficient (Wildman–Crippen LogP) is 8.93. The van der Waals surface area contributed by atoms with Crippen LogP contribution in [0.15, 0.2) is 54.1 Å². The molecule has 2 aromatic carbocycles. The lowest BCUT2D eigenvalue weighted by Gasteiger charge is -2.57. The van der Waals surface area contributed by atoms with Crippen molar-refractivity contribution in [3.05, 3.63) is 64.7 Å². The molecule has 11 heteroatoms. The van der Waals surface area contributed by atoms with Crippen LogP contribution in [0, 0.1) is 46.3 Å². The van der Waals surface area contributed by atoms with E-state index < -0.39 is 0 Å². The molecule has 0 bridgehead atoms. The average Bonchev–Trinajstić information content (AvgIpc) is 3.88. The first-order valence-electron chi connectivity index (χ1n) is 21.9. The minimum Gasteiger partial charge on any atom is -0.484 e. The molecule has 2 aromatic rings. The summed E-state index contributed by atoms with van der Waals surface area (Å²) in [5.41, 5.74) is 3.64. The van der Waals surface area contributed by atoms with E-state index in [2.05, 4.69) is 44.7 Å². The number of aliphatic hydroxyl groups excluding tert-OH is 1. The van der Waals surface area contributed by atoms with Crippen molar-refractivity contribution in [2.45, 2.75) is 110 Å². The topological polar surface area (TPSA) is 89.9 Å². The molecular weight excluding hydrogens is 775 g/mol. The molecule has 8 aliphatic rings. The maximum atomic E-state index is 12.4. The molecule has 0 radical (unpaired) electrons. The fourth-order valence-electron chi connectivity index (χ4n) is 12.7. The Kier molecular flexibility index (Phi) is 12.2. The molecule has 4 aliphatic heterocycles. The summed E-state index contributed by atoms with van der Waals surface area (Å²) in [5, 5.41) is 10.9. The normalized spacial score (nSPS) is 38.6. The van der Waals surface area contributed by atoms with Crippen molar-refractivity contribution < 1.29 is 33.6 Å². The standard InChI is InChI=1S/C27H42O3.C20H21ClN2O4.ClH/c1-16-7-12-27(29-15-16)17(2)24-23(30-27)14-22-20-6-5-18-13-19(28)8-10-25(18,3)21(20)9-11-26(22,24)4;21-16-2-4-17(5-3-16)25-13-20(24)23-9-7-22(8-10-23)12-15-1-6-18-19(11-15)27-14-26-18;/h9,16-20,22-24,28H,5-8,10-15H2,1-4H3;1-6,11H,7-10,12-14H2;1H. The Labute approximate surface area is 356 Å².